The summed E-state index contributed by atoms with van der Waals surface area (Å²) in [6.07, 6.45) is 6.48. The highest BCUT2D eigenvalue weighted by atomic mass is 16.2. The first kappa shape index (κ1) is 21.5. The number of pyridine rings is 1. The van der Waals surface area contributed by atoms with Crippen molar-refractivity contribution in [1.82, 2.24) is 19.9 Å². The molecule has 1 amide bonds. The van der Waals surface area contributed by atoms with Crippen molar-refractivity contribution >= 4 is 17.4 Å². The lowest BCUT2D eigenvalue weighted by Gasteiger charge is -2.10. The van der Waals surface area contributed by atoms with E-state index in [4.69, 9.17) is 0 Å². The van der Waals surface area contributed by atoms with Crippen molar-refractivity contribution in [2.45, 2.75) is 51.6 Å². The Bertz CT molecular complexity index is 1170. The molecule has 4 rings (SSSR count). The summed E-state index contributed by atoms with van der Waals surface area (Å²) in [5.74, 6) is 0.300. The molecule has 1 aliphatic rings. The van der Waals surface area contributed by atoms with Crippen LogP contribution in [0.15, 0.2) is 58.3 Å². The zero-order chi connectivity index (χ0) is 22.3. The van der Waals surface area contributed by atoms with Crippen molar-refractivity contribution < 1.29 is 4.79 Å². The molecule has 0 saturated carbocycles. The fourth-order valence-corrected chi connectivity index (χ4v) is 3.94. The number of aromatic amines is 1. The van der Waals surface area contributed by atoms with Crippen LogP contribution in [0.2, 0.25) is 0 Å². The topological polar surface area (TPSA) is 109 Å². The highest BCUT2D eigenvalue weighted by Crippen LogP contribution is 2.25. The number of nitrogens with zero attached hydrogens (tertiary/aromatic N) is 2. The molecular weight excluding hydrogens is 406 g/mol. The van der Waals surface area contributed by atoms with Crippen LogP contribution in [0, 0.1) is 0 Å². The predicted molar refractivity (Wildman–Crippen MR) is 123 cm³/mol. The van der Waals surface area contributed by atoms with E-state index >= 15 is 0 Å². The zero-order valence-electron chi connectivity index (χ0n) is 17.9. The molecule has 0 unspecified atom stereocenters. The largest absolute Gasteiger partial charge is 0.350 e. The van der Waals surface area contributed by atoms with Gasteiger partial charge in [0.2, 0.25) is 5.91 Å². The Labute approximate surface area is 185 Å². The van der Waals surface area contributed by atoms with Gasteiger partial charge in [-0.2, -0.15) is 0 Å². The molecule has 32 heavy (non-hydrogen) atoms. The number of nitrogens with one attached hydrogen (secondary N) is 3. The van der Waals surface area contributed by atoms with Gasteiger partial charge in [0.05, 0.1) is 12.2 Å². The number of amides is 1. The summed E-state index contributed by atoms with van der Waals surface area (Å²) in [6.45, 7) is 0.651. The van der Waals surface area contributed by atoms with Crippen molar-refractivity contribution in [2.75, 3.05) is 5.32 Å². The van der Waals surface area contributed by atoms with E-state index < -0.39 is 5.69 Å². The molecule has 2 aromatic heterocycles. The first-order chi connectivity index (χ1) is 15.6. The molecule has 8 nitrogen and oxygen atoms in total. The number of aryl methyl sites for hydroxylation is 2. The molecule has 3 N–H and O–H groups in total. The highest BCUT2D eigenvalue weighted by Gasteiger charge is 2.11. The summed E-state index contributed by atoms with van der Waals surface area (Å²) in [6, 6.07) is 13.1. The Morgan fingerprint density at radius 1 is 1.06 bits per heavy atom. The van der Waals surface area contributed by atoms with E-state index in [1.807, 2.05) is 24.3 Å². The van der Waals surface area contributed by atoms with Crippen molar-refractivity contribution in [3.8, 4) is 0 Å². The second-order valence-electron chi connectivity index (χ2n) is 7.99. The molecular formula is C24H27N5O3. The minimum absolute atomic E-state index is 0.0780. The predicted octanol–water partition coefficient (Wildman–Crippen LogP) is 2.65. The molecule has 0 fully saturated rings. The molecule has 3 aromatic rings. The SMILES string of the molecule is O=C(CCCCn1c(=O)cc(Nc2ccc3c(c2)CCC3)[nH]c1=O)NCc1ccccn1. The third kappa shape index (κ3) is 5.51. The van der Waals surface area contributed by atoms with E-state index in [-0.39, 0.29) is 18.0 Å². The summed E-state index contributed by atoms with van der Waals surface area (Å²) < 4.78 is 1.17. The lowest BCUT2D eigenvalue weighted by Crippen LogP contribution is -2.35. The molecule has 8 heteroatoms. The van der Waals surface area contributed by atoms with Crippen LogP contribution in [0.1, 0.15) is 42.5 Å². The van der Waals surface area contributed by atoms with Gasteiger partial charge < -0.3 is 10.6 Å². The Balaban J connectivity index is 1.26. The fraction of sp³-hybridized carbons (Fsp3) is 0.333. The van der Waals surface area contributed by atoms with Gasteiger partial charge in [-0.3, -0.25) is 24.1 Å². The van der Waals surface area contributed by atoms with E-state index in [9.17, 15) is 14.4 Å². The standard InChI is InChI=1S/C24H27N5O3/c30-22(26-16-20-8-1-3-12-25-20)9-2-4-13-29-23(31)15-21(28-24(29)32)27-19-11-10-17-6-5-7-18(17)14-19/h1,3,8,10-12,14-15,27H,2,4-7,9,13,16H2,(H,26,30)(H,28,32). The molecule has 166 valence electrons. The van der Waals surface area contributed by atoms with Gasteiger partial charge in [-0.05, 0) is 67.5 Å². The molecule has 0 radical (unpaired) electrons. The van der Waals surface area contributed by atoms with Crippen LogP contribution in [0.5, 0.6) is 0 Å². The monoisotopic (exact) mass is 433 g/mol. The fourth-order valence-electron chi connectivity index (χ4n) is 3.94. The Morgan fingerprint density at radius 2 is 1.94 bits per heavy atom. The van der Waals surface area contributed by atoms with Crippen molar-refractivity contribution in [2.24, 2.45) is 0 Å². The van der Waals surface area contributed by atoms with Crippen LogP contribution in [0.4, 0.5) is 11.5 Å². The van der Waals surface area contributed by atoms with Crippen LogP contribution in [0.3, 0.4) is 0 Å². The third-order valence-electron chi connectivity index (χ3n) is 5.63. The van der Waals surface area contributed by atoms with E-state index in [1.165, 1.54) is 21.8 Å². The number of carbonyl (C=O) groups is 1. The number of carbonyl (C=O) groups excluding carboxylic acids is 1. The average Bonchev–Trinajstić information content (AvgIpc) is 3.25. The Hall–Kier alpha value is -3.68. The molecule has 0 bridgehead atoms. The van der Waals surface area contributed by atoms with Crippen LogP contribution in [0.25, 0.3) is 0 Å². The van der Waals surface area contributed by atoms with Crippen molar-refractivity contribution in [3.63, 3.8) is 0 Å². The average molecular weight is 434 g/mol. The van der Waals surface area contributed by atoms with Gasteiger partial charge in [0, 0.05) is 30.9 Å². The molecule has 0 saturated heterocycles. The number of unbranched alkanes of at least 4 members (excludes halogenated alkanes) is 1. The molecule has 2 heterocycles. The summed E-state index contributed by atoms with van der Waals surface area (Å²) in [5, 5.41) is 5.95. The maximum atomic E-state index is 12.4. The van der Waals surface area contributed by atoms with Gasteiger partial charge in [0.25, 0.3) is 5.56 Å². The minimum atomic E-state index is -0.458. The summed E-state index contributed by atoms with van der Waals surface area (Å²) in [4.78, 5) is 43.7. The van der Waals surface area contributed by atoms with E-state index in [1.54, 1.807) is 6.20 Å². The first-order valence-corrected chi connectivity index (χ1v) is 11.0. The number of hydrogen-bond acceptors (Lipinski definition) is 5. The van der Waals surface area contributed by atoms with Crippen LogP contribution in [-0.4, -0.2) is 20.4 Å². The van der Waals surface area contributed by atoms with Crippen molar-refractivity contribution in [1.29, 1.82) is 0 Å². The highest BCUT2D eigenvalue weighted by molar-refractivity contribution is 5.75. The Morgan fingerprint density at radius 3 is 2.75 bits per heavy atom. The van der Waals surface area contributed by atoms with E-state index in [2.05, 4.69) is 32.7 Å². The molecule has 0 spiro atoms. The molecule has 0 atom stereocenters. The number of rotatable bonds is 9. The summed E-state index contributed by atoms with van der Waals surface area (Å²) in [7, 11) is 0. The normalized spacial score (nSPS) is 12.4. The van der Waals surface area contributed by atoms with Crippen LogP contribution < -0.4 is 21.9 Å². The lowest BCUT2D eigenvalue weighted by molar-refractivity contribution is -0.121. The lowest BCUT2D eigenvalue weighted by atomic mass is 10.1. The smallest absolute Gasteiger partial charge is 0.329 e. The van der Waals surface area contributed by atoms with Gasteiger partial charge >= 0.3 is 5.69 Å². The van der Waals surface area contributed by atoms with E-state index in [0.717, 1.165) is 30.6 Å². The van der Waals surface area contributed by atoms with E-state index in [0.29, 0.717) is 31.6 Å². The third-order valence-corrected chi connectivity index (χ3v) is 5.63. The van der Waals surface area contributed by atoms with Gasteiger partial charge in [-0.25, -0.2) is 4.79 Å². The van der Waals surface area contributed by atoms with Crippen LogP contribution in [-0.2, 0) is 30.7 Å². The zero-order valence-corrected chi connectivity index (χ0v) is 17.9. The number of anilines is 2. The minimum Gasteiger partial charge on any atom is -0.350 e. The number of benzene rings is 1. The van der Waals surface area contributed by atoms with Crippen LogP contribution >= 0.6 is 0 Å². The second-order valence-corrected chi connectivity index (χ2v) is 7.99. The number of H-pyrrole nitrogens is 1. The number of hydrogen-bond donors (Lipinski definition) is 3. The quantitative estimate of drug-likeness (QED) is 0.450. The summed E-state index contributed by atoms with van der Waals surface area (Å²) in [5.41, 5.74) is 3.51. The molecule has 1 aromatic carbocycles. The first-order valence-electron chi connectivity index (χ1n) is 11.0. The maximum absolute atomic E-state index is 12.4. The molecule has 1 aliphatic carbocycles. The van der Waals surface area contributed by atoms with Crippen molar-refractivity contribution in [3.05, 3.63) is 86.3 Å². The number of fused-ring (bicyclic) bond motifs is 1. The summed E-state index contributed by atoms with van der Waals surface area (Å²) >= 11 is 0. The Kier molecular flexibility index (Phi) is 6.79. The van der Waals surface area contributed by atoms with Gasteiger partial charge in [-0.1, -0.05) is 12.1 Å². The van der Waals surface area contributed by atoms with Gasteiger partial charge in [0.1, 0.15) is 5.82 Å². The van der Waals surface area contributed by atoms with Gasteiger partial charge in [0.15, 0.2) is 0 Å². The van der Waals surface area contributed by atoms with Gasteiger partial charge in [-0.15, -0.1) is 0 Å². The second kappa shape index (κ2) is 10.1. The number of aromatic nitrogens is 3. The molecule has 0 aliphatic heterocycles. The maximum Gasteiger partial charge on any atom is 0.329 e.